The molecule has 15 heteroatoms. The summed E-state index contributed by atoms with van der Waals surface area (Å²) in [5.41, 5.74) is 2.74. The van der Waals surface area contributed by atoms with Crippen molar-refractivity contribution in [1.29, 1.82) is 0 Å². The minimum absolute atomic E-state index is 0.0483. The van der Waals surface area contributed by atoms with Crippen molar-refractivity contribution in [3.8, 4) is 12.3 Å². The van der Waals surface area contributed by atoms with Crippen LogP contribution in [0.5, 0.6) is 0 Å². The molecular weight excluding hydrogens is 789 g/mol. The smallest absolute Gasteiger partial charge is 0.251 e. The van der Waals surface area contributed by atoms with Crippen LogP contribution < -0.4 is 16.0 Å². The second-order valence-corrected chi connectivity index (χ2v) is 16.8. The number of rotatable bonds is 31. The number of aryl methyl sites for hydroxylation is 1. The Morgan fingerprint density at radius 3 is 2.15 bits per heavy atom. The van der Waals surface area contributed by atoms with Crippen LogP contribution in [0.2, 0.25) is 0 Å². The number of terminal acetylenes is 1. The summed E-state index contributed by atoms with van der Waals surface area (Å²) in [5.74, 6) is 1.51. The number of aliphatic hydroxyl groups excluding tert-OH is 1. The third kappa shape index (κ3) is 19.4. The van der Waals surface area contributed by atoms with Gasteiger partial charge in [-0.1, -0.05) is 43.5 Å². The predicted molar refractivity (Wildman–Crippen MR) is 240 cm³/mol. The molecule has 0 radical (unpaired) electrons. The highest BCUT2D eigenvalue weighted by Gasteiger charge is 2.36. The van der Waals surface area contributed by atoms with Crippen LogP contribution >= 0.6 is 0 Å². The Labute approximate surface area is 367 Å². The van der Waals surface area contributed by atoms with E-state index < -0.39 is 12.3 Å². The van der Waals surface area contributed by atoms with Gasteiger partial charge < -0.3 is 25.5 Å². The Morgan fingerprint density at radius 2 is 1.50 bits per heavy atom. The number of amides is 4. The van der Waals surface area contributed by atoms with Gasteiger partial charge in [0, 0.05) is 81.1 Å². The Kier molecular flexibility index (Phi) is 21.8. The highest BCUT2D eigenvalue weighted by Crippen LogP contribution is 2.38. The van der Waals surface area contributed by atoms with Gasteiger partial charge in [-0.15, -0.1) is 12.3 Å². The van der Waals surface area contributed by atoms with Gasteiger partial charge in [-0.3, -0.25) is 28.8 Å². The maximum absolute atomic E-state index is 13.4. The number of anilines is 1. The van der Waals surface area contributed by atoms with Crippen LogP contribution in [0.25, 0.3) is 0 Å². The normalized spacial score (nSPS) is 13.2. The van der Waals surface area contributed by atoms with Gasteiger partial charge in [0.25, 0.3) is 5.91 Å². The van der Waals surface area contributed by atoms with E-state index in [1.54, 1.807) is 12.1 Å². The average Bonchev–Trinajstić information content (AvgIpc) is 4.00. The first-order chi connectivity index (χ1) is 29.6. The van der Waals surface area contributed by atoms with Crippen LogP contribution in [-0.2, 0) is 36.1 Å². The fourth-order valence-corrected chi connectivity index (χ4v) is 6.83. The van der Waals surface area contributed by atoms with Crippen molar-refractivity contribution in [2.24, 2.45) is 15.3 Å². The molecule has 0 saturated heterocycles. The standard InChI is InChI=1S/C47H66N8O7/c1-6-7-22-45(61)54(50-33-16-32-49-46(62)37-25-27-38(28-26-37)47(2)52-53-47)34-44(60)48-31-14-10-12-19-41(55(3,4)5)42(58)20-15-17-36-23-29-39(30-24-36)51-43(59)21-13-9-8-11-18-40(57)35-56/h1,23-30,33,41,56H,7-22,31-32,34-35H2,2-5H3,(H2-,48,49,51,59,60,62)/p+1/b50-33+/t41-/m1/s1. The summed E-state index contributed by atoms with van der Waals surface area (Å²) in [4.78, 5) is 75.0. The molecule has 1 atom stereocenters. The largest absolute Gasteiger partial charge is 0.389 e. The molecule has 3 rings (SSSR count). The lowest BCUT2D eigenvalue weighted by atomic mass is 9.97. The molecule has 0 aromatic heterocycles. The molecule has 0 fully saturated rings. The first kappa shape index (κ1) is 50.8. The molecule has 2 aromatic rings. The average molecular weight is 856 g/mol. The molecule has 1 aliphatic rings. The first-order valence-electron chi connectivity index (χ1n) is 21.9. The number of hydrogen-bond donors (Lipinski definition) is 4. The summed E-state index contributed by atoms with van der Waals surface area (Å²) in [7, 11) is 6.11. The molecule has 62 heavy (non-hydrogen) atoms. The number of carbonyl (C=O) groups is 6. The maximum atomic E-state index is 13.4. The van der Waals surface area contributed by atoms with E-state index in [9.17, 15) is 28.8 Å². The van der Waals surface area contributed by atoms with E-state index in [0.29, 0.717) is 42.3 Å². The first-order valence-corrected chi connectivity index (χ1v) is 21.9. The Morgan fingerprint density at radius 1 is 0.823 bits per heavy atom. The molecule has 0 spiro atoms. The van der Waals surface area contributed by atoms with Crippen molar-refractivity contribution in [3.63, 3.8) is 0 Å². The molecule has 1 heterocycles. The molecule has 0 bridgehead atoms. The number of quaternary nitrogens is 1. The Bertz CT molecular complexity index is 1880. The van der Waals surface area contributed by atoms with Gasteiger partial charge in [0.05, 0.1) is 21.1 Å². The monoisotopic (exact) mass is 856 g/mol. The fourth-order valence-electron chi connectivity index (χ4n) is 6.83. The van der Waals surface area contributed by atoms with Gasteiger partial charge in [-0.25, -0.2) is 5.01 Å². The summed E-state index contributed by atoms with van der Waals surface area (Å²) < 4.78 is 0.533. The lowest BCUT2D eigenvalue weighted by Gasteiger charge is -2.33. The van der Waals surface area contributed by atoms with Crippen LogP contribution in [0.4, 0.5) is 5.69 Å². The summed E-state index contributed by atoms with van der Waals surface area (Å²) in [5, 5.41) is 30.7. The highest BCUT2D eigenvalue weighted by molar-refractivity contribution is 5.94. The van der Waals surface area contributed by atoms with Crippen molar-refractivity contribution < 1.29 is 38.4 Å². The molecule has 15 nitrogen and oxygen atoms in total. The van der Waals surface area contributed by atoms with Crippen LogP contribution in [0.15, 0.2) is 63.9 Å². The molecule has 0 saturated carbocycles. The summed E-state index contributed by atoms with van der Waals surface area (Å²) in [6.45, 7) is 1.94. The number of hydrazone groups is 1. The van der Waals surface area contributed by atoms with E-state index in [1.165, 1.54) is 6.21 Å². The number of nitrogens with one attached hydrogen (secondary N) is 3. The van der Waals surface area contributed by atoms with E-state index in [1.807, 2.05) is 64.5 Å². The number of hydrogen-bond acceptors (Lipinski definition) is 10. The zero-order chi connectivity index (χ0) is 45.4. The quantitative estimate of drug-likeness (QED) is 0.0240. The third-order valence-electron chi connectivity index (χ3n) is 10.6. The van der Waals surface area contributed by atoms with Crippen LogP contribution in [0.3, 0.4) is 0 Å². The van der Waals surface area contributed by atoms with Crippen LogP contribution in [0, 0.1) is 12.3 Å². The molecule has 0 unspecified atom stereocenters. The van der Waals surface area contributed by atoms with Gasteiger partial charge >= 0.3 is 0 Å². The van der Waals surface area contributed by atoms with Crippen molar-refractivity contribution in [2.75, 3.05) is 52.7 Å². The van der Waals surface area contributed by atoms with E-state index in [4.69, 9.17) is 11.5 Å². The number of nitrogens with zero attached hydrogens (tertiary/aromatic N) is 5. The minimum atomic E-state index is -0.509. The second-order valence-electron chi connectivity index (χ2n) is 16.8. The molecule has 336 valence electrons. The van der Waals surface area contributed by atoms with Crippen molar-refractivity contribution in [3.05, 3.63) is 65.2 Å². The van der Waals surface area contributed by atoms with Gasteiger partial charge in [0.1, 0.15) is 19.2 Å². The summed E-state index contributed by atoms with van der Waals surface area (Å²) in [6.07, 6.45) is 16.5. The SMILES string of the molecule is C#CCCC(=O)N(CC(=O)NCCCCC[C@H](C(=O)CCCc1ccc(NC(=O)CCCCCCC(=O)CO)cc1)[N+](C)(C)C)/N=C/CCNC(=O)c1ccc(C2(C)N=N2)cc1. The van der Waals surface area contributed by atoms with Gasteiger partial charge in [0.15, 0.2) is 11.6 Å². The van der Waals surface area contributed by atoms with E-state index >= 15 is 0 Å². The summed E-state index contributed by atoms with van der Waals surface area (Å²) >= 11 is 0. The number of benzene rings is 2. The van der Waals surface area contributed by atoms with Gasteiger partial charge in [0.2, 0.25) is 23.4 Å². The fraction of sp³-hybridized carbons (Fsp3) is 0.553. The topological polar surface area (TPSA) is 199 Å². The molecule has 0 aliphatic carbocycles. The van der Waals surface area contributed by atoms with Crippen molar-refractivity contribution in [2.45, 2.75) is 121 Å². The molecular formula is C47H67N8O7+. The Balaban J connectivity index is 1.32. The lowest BCUT2D eigenvalue weighted by Crippen LogP contribution is -2.49. The number of carbonyl (C=O) groups excluding carboxylic acids is 6. The summed E-state index contributed by atoms with van der Waals surface area (Å²) in [6, 6.07) is 14.7. The molecule has 4 N–H and O–H groups in total. The van der Waals surface area contributed by atoms with E-state index in [-0.39, 0.29) is 67.2 Å². The van der Waals surface area contributed by atoms with Gasteiger partial charge in [-0.05, 0) is 75.3 Å². The molecule has 4 amide bonds. The van der Waals surface area contributed by atoms with Crippen molar-refractivity contribution >= 4 is 47.1 Å². The Hall–Kier alpha value is -5.59. The second kappa shape index (κ2) is 26.7. The minimum Gasteiger partial charge on any atom is -0.389 e. The zero-order valence-electron chi connectivity index (χ0n) is 37.1. The zero-order valence-corrected chi connectivity index (χ0v) is 37.1. The molecule has 1 aliphatic heterocycles. The predicted octanol–water partition coefficient (Wildman–Crippen LogP) is 5.86. The van der Waals surface area contributed by atoms with Crippen LogP contribution in [0.1, 0.15) is 125 Å². The number of aliphatic hydroxyl groups is 1. The molecule has 2 aromatic carbocycles. The van der Waals surface area contributed by atoms with E-state index in [2.05, 4.69) is 37.2 Å². The van der Waals surface area contributed by atoms with Gasteiger partial charge in [-0.2, -0.15) is 15.3 Å². The van der Waals surface area contributed by atoms with Crippen LogP contribution in [-0.4, -0.2) is 109 Å². The third-order valence-corrected chi connectivity index (χ3v) is 10.6. The van der Waals surface area contributed by atoms with Crippen molar-refractivity contribution in [1.82, 2.24) is 15.6 Å². The van der Waals surface area contributed by atoms with E-state index in [0.717, 1.165) is 86.0 Å². The lowest BCUT2D eigenvalue weighted by molar-refractivity contribution is -0.886. The number of unbranched alkanes of at least 4 members (excludes halogenated alkanes) is 5. The number of Topliss-reactive ketones (excluding diaryl/α,β-unsaturated/α-hetero) is 2. The highest BCUT2D eigenvalue weighted by atomic mass is 16.3. The maximum Gasteiger partial charge on any atom is 0.251 e. The number of likely N-dealkylation sites (N-methyl/N-ethyl adjacent to an activating group) is 1. The number of ketones is 2.